The molecule has 1 amide bonds. The van der Waals surface area contributed by atoms with Crippen molar-refractivity contribution < 1.29 is 18.7 Å². The van der Waals surface area contributed by atoms with Crippen LogP contribution in [0.3, 0.4) is 0 Å². The van der Waals surface area contributed by atoms with Crippen molar-refractivity contribution in [3.8, 4) is 5.75 Å². The Labute approximate surface area is 137 Å². The number of amides is 1. The molecule has 3 aliphatic carbocycles. The molecular weight excluding hydrogens is 309 g/mol. The quantitative estimate of drug-likeness (QED) is 0.930. The fourth-order valence-electron chi connectivity index (χ4n) is 3.49. The Balaban J connectivity index is 1.37. The summed E-state index contributed by atoms with van der Waals surface area (Å²) < 4.78 is 24.4. The lowest BCUT2D eigenvalue weighted by Crippen LogP contribution is -2.25. The van der Waals surface area contributed by atoms with Crippen LogP contribution in [0.1, 0.15) is 17.5 Å². The molecule has 1 saturated carbocycles. The van der Waals surface area contributed by atoms with Crippen LogP contribution < -0.4 is 10.1 Å². The van der Waals surface area contributed by atoms with Crippen LogP contribution in [0, 0.1) is 5.82 Å². The van der Waals surface area contributed by atoms with Gasteiger partial charge in [0.15, 0.2) is 6.79 Å². The fraction of sp³-hybridized carbons (Fsp3) is 0.211. The first kappa shape index (κ1) is 13.7. The van der Waals surface area contributed by atoms with Crippen LogP contribution in [0.4, 0.5) is 4.39 Å². The van der Waals surface area contributed by atoms with E-state index in [-0.39, 0.29) is 25.1 Å². The minimum Gasteiger partial charge on any atom is -0.467 e. The van der Waals surface area contributed by atoms with Crippen molar-refractivity contribution >= 4 is 5.91 Å². The van der Waals surface area contributed by atoms with E-state index < -0.39 is 0 Å². The van der Waals surface area contributed by atoms with Crippen molar-refractivity contribution in [1.82, 2.24) is 5.32 Å². The Morgan fingerprint density at radius 3 is 3.08 bits per heavy atom. The number of hydrogen-bond donors (Lipinski definition) is 1. The van der Waals surface area contributed by atoms with Crippen molar-refractivity contribution in [2.45, 2.75) is 19.6 Å². The van der Waals surface area contributed by atoms with E-state index in [9.17, 15) is 9.18 Å². The molecule has 1 aliphatic heterocycles. The van der Waals surface area contributed by atoms with Crippen LogP contribution in [0.2, 0.25) is 0 Å². The molecule has 0 atom stereocenters. The third-order valence-electron chi connectivity index (χ3n) is 4.71. The zero-order chi connectivity index (χ0) is 16.3. The summed E-state index contributed by atoms with van der Waals surface area (Å²) in [7, 11) is 0. The Hall–Kier alpha value is -2.66. The highest BCUT2D eigenvalue weighted by molar-refractivity contribution is 6.01. The molecule has 0 saturated heterocycles. The van der Waals surface area contributed by atoms with Crippen molar-refractivity contribution in [3.63, 3.8) is 0 Å². The van der Waals surface area contributed by atoms with Gasteiger partial charge in [0.2, 0.25) is 0 Å². The number of nitrogens with one attached hydrogen (secondary N) is 1. The zero-order valence-corrected chi connectivity index (χ0v) is 12.8. The van der Waals surface area contributed by atoms with Crippen LogP contribution in [-0.4, -0.2) is 12.7 Å². The summed E-state index contributed by atoms with van der Waals surface area (Å²) in [6.45, 7) is 0.671. The van der Waals surface area contributed by atoms with Crippen LogP contribution in [0.5, 0.6) is 5.75 Å². The number of hydrogen-bond acceptors (Lipinski definition) is 3. The average molecular weight is 323 g/mol. The molecule has 1 aromatic carbocycles. The molecule has 4 aliphatic rings. The van der Waals surface area contributed by atoms with E-state index >= 15 is 0 Å². The summed E-state index contributed by atoms with van der Waals surface area (Å²) in [5.41, 5.74) is 6.85. The third-order valence-corrected chi connectivity index (χ3v) is 4.71. The number of fused-ring (bicyclic) bond motifs is 3. The Bertz CT molecular complexity index is 921. The minimum atomic E-state index is -0.359. The van der Waals surface area contributed by atoms with E-state index in [1.807, 2.05) is 12.2 Å². The van der Waals surface area contributed by atoms with Gasteiger partial charge in [-0.1, -0.05) is 6.08 Å². The molecule has 5 heteroatoms. The maximum Gasteiger partial charge on any atom is 0.252 e. The summed E-state index contributed by atoms with van der Waals surface area (Å²) in [5, 5.41) is 2.87. The summed E-state index contributed by atoms with van der Waals surface area (Å²) in [5.74, 6) is 0.0946. The lowest BCUT2D eigenvalue weighted by molar-refractivity contribution is -0.117. The molecule has 0 spiro atoms. The molecule has 1 fully saturated rings. The predicted octanol–water partition coefficient (Wildman–Crippen LogP) is 2.82. The smallest absolute Gasteiger partial charge is 0.252 e. The van der Waals surface area contributed by atoms with Gasteiger partial charge in [-0.2, -0.15) is 0 Å². The van der Waals surface area contributed by atoms with Crippen LogP contribution in [0.15, 0.2) is 58.2 Å². The van der Waals surface area contributed by atoms with Gasteiger partial charge >= 0.3 is 0 Å². The molecule has 1 aromatic rings. The first-order chi connectivity index (χ1) is 11.7. The molecule has 0 radical (unpaired) electrons. The third kappa shape index (κ3) is 2.05. The molecule has 120 valence electrons. The van der Waals surface area contributed by atoms with Gasteiger partial charge in [-0.15, -0.1) is 0 Å². The van der Waals surface area contributed by atoms with Crippen LogP contribution >= 0.6 is 0 Å². The van der Waals surface area contributed by atoms with E-state index in [1.54, 1.807) is 0 Å². The molecule has 4 nitrogen and oxygen atoms in total. The van der Waals surface area contributed by atoms with E-state index in [0.717, 1.165) is 12.0 Å². The molecule has 5 rings (SSSR count). The van der Waals surface area contributed by atoms with Gasteiger partial charge in [-0.25, -0.2) is 4.39 Å². The predicted molar refractivity (Wildman–Crippen MR) is 84.4 cm³/mol. The molecule has 1 heterocycles. The number of ether oxygens (including phenoxy) is 2. The number of halogens is 1. The number of allylic oxidation sites excluding steroid dienone is 6. The highest BCUT2D eigenvalue weighted by Gasteiger charge is 2.35. The molecule has 0 aromatic heterocycles. The Morgan fingerprint density at radius 2 is 2.17 bits per heavy atom. The maximum atomic E-state index is 13.7. The van der Waals surface area contributed by atoms with Gasteiger partial charge in [0, 0.05) is 23.2 Å². The number of carbonyl (C=O) groups excluding carboxylic acids is 1. The molecule has 24 heavy (non-hydrogen) atoms. The second-order valence-corrected chi connectivity index (χ2v) is 6.25. The number of rotatable bonds is 3. The summed E-state index contributed by atoms with van der Waals surface area (Å²) in [6, 6.07) is 2.80. The standard InChI is InChI=1S/C19H14FNO3/c20-13-3-11(18-12(4-13)8-23-9-24-18)7-21-19(22)15-2-1-14-16-5-10(16)6-17(14)15/h1-4,6H,5,7-9H2,(H,21,22). The summed E-state index contributed by atoms with van der Waals surface area (Å²) >= 11 is 0. The number of benzene rings is 1. The number of carbonyl (C=O) groups is 1. The molecule has 0 unspecified atom stereocenters. The van der Waals surface area contributed by atoms with Crippen molar-refractivity contribution in [2.24, 2.45) is 0 Å². The van der Waals surface area contributed by atoms with Crippen molar-refractivity contribution in [2.75, 3.05) is 6.79 Å². The van der Waals surface area contributed by atoms with Crippen molar-refractivity contribution in [1.29, 1.82) is 0 Å². The van der Waals surface area contributed by atoms with Crippen LogP contribution in [0.25, 0.3) is 0 Å². The lowest BCUT2D eigenvalue weighted by Gasteiger charge is -2.21. The normalized spacial score (nSPS) is 19.6. The molecular formula is C19H14FNO3. The second-order valence-electron chi connectivity index (χ2n) is 6.25. The summed E-state index contributed by atoms with van der Waals surface area (Å²) in [6.07, 6.45) is 6.99. The van der Waals surface area contributed by atoms with Gasteiger partial charge < -0.3 is 14.8 Å². The monoisotopic (exact) mass is 323 g/mol. The SMILES string of the molecule is O=C(NCc1cc(F)cc2c1OCOC2)C1=C2C=C3CC3=C2C=C1. The Morgan fingerprint density at radius 1 is 1.25 bits per heavy atom. The van der Waals surface area contributed by atoms with Gasteiger partial charge in [-0.05, 0) is 53.0 Å². The van der Waals surface area contributed by atoms with Crippen LogP contribution in [-0.2, 0) is 22.7 Å². The lowest BCUT2D eigenvalue weighted by atomic mass is 10.1. The van der Waals surface area contributed by atoms with E-state index in [0.29, 0.717) is 29.1 Å². The van der Waals surface area contributed by atoms with E-state index in [1.165, 1.54) is 28.9 Å². The topological polar surface area (TPSA) is 47.6 Å². The van der Waals surface area contributed by atoms with Gasteiger partial charge in [-0.3, -0.25) is 4.79 Å². The molecule has 1 N–H and O–H groups in total. The largest absolute Gasteiger partial charge is 0.467 e. The highest BCUT2D eigenvalue weighted by Crippen LogP contribution is 2.51. The second kappa shape index (κ2) is 4.92. The van der Waals surface area contributed by atoms with Gasteiger partial charge in [0.05, 0.1) is 6.61 Å². The maximum absolute atomic E-state index is 13.7. The fourth-order valence-corrected chi connectivity index (χ4v) is 3.49. The van der Waals surface area contributed by atoms with E-state index in [2.05, 4.69) is 11.4 Å². The van der Waals surface area contributed by atoms with Gasteiger partial charge in [0.25, 0.3) is 5.91 Å². The first-order valence-corrected chi connectivity index (χ1v) is 7.87. The molecule has 0 bridgehead atoms. The van der Waals surface area contributed by atoms with Gasteiger partial charge in [0.1, 0.15) is 11.6 Å². The van der Waals surface area contributed by atoms with Crippen molar-refractivity contribution in [3.05, 3.63) is 75.2 Å². The van der Waals surface area contributed by atoms with E-state index in [4.69, 9.17) is 9.47 Å². The Kier molecular flexibility index (Phi) is 2.82. The first-order valence-electron chi connectivity index (χ1n) is 7.87. The minimum absolute atomic E-state index is 0.141. The summed E-state index contributed by atoms with van der Waals surface area (Å²) in [4.78, 5) is 12.5. The highest BCUT2D eigenvalue weighted by atomic mass is 19.1. The average Bonchev–Trinajstić information content (AvgIpc) is 3.06. The zero-order valence-electron chi connectivity index (χ0n) is 12.8.